The fourth-order valence-electron chi connectivity index (χ4n) is 8.70. The van der Waals surface area contributed by atoms with Crippen molar-refractivity contribution in [2.75, 3.05) is 13.2 Å². The van der Waals surface area contributed by atoms with Gasteiger partial charge in [0.05, 0.1) is 0 Å². The van der Waals surface area contributed by atoms with Crippen LogP contribution >= 0.6 is 0 Å². The van der Waals surface area contributed by atoms with E-state index in [0.29, 0.717) is 19.3 Å². The molecule has 0 N–H and O–H groups in total. The quantitative estimate of drug-likeness (QED) is 0.0261. The van der Waals surface area contributed by atoms with Crippen molar-refractivity contribution in [2.45, 2.75) is 297 Å². The fraction of sp³-hybridized carbons (Fsp3) is 0.658. The molecular formula is C73H120O6. The Kier molecular flexibility index (Phi) is 62.3. The van der Waals surface area contributed by atoms with Crippen LogP contribution in [0.4, 0.5) is 0 Å². The molecule has 6 heteroatoms. The van der Waals surface area contributed by atoms with E-state index in [1.54, 1.807) is 0 Å². The van der Waals surface area contributed by atoms with E-state index in [2.05, 4.69) is 154 Å². The molecule has 0 aliphatic rings. The van der Waals surface area contributed by atoms with Crippen molar-refractivity contribution in [3.8, 4) is 0 Å². The van der Waals surface area contributed by atoms with E-state index in [-0.39, 0.29) is 31.1 Å². The Morgan fingerprint density at radius 1 is 0.266 bits per heavy atom. The maximum absolute atomic E-state index is 12.9. The van der Waals surface area contributed by atoms with Crippen molar-refractivity contribution in [1.82, 2.24) is 0 Å². The first kappa shape index (κ1) is 74.5. The molecule has 1 unspecified atom stereocenters. The van der Waals surface area contributed by atoms with Crippen molar-refractivity contribution in [2.24, 2.45) is 0 Å². The Labute approximate surface area is 487 Å². The van der Waals surface area contributed by atoms with E-state index >= 15 is 0 Å². The average Bonchev–Trinajstić information content (AvgIpc) is 3.45. The number of carbonyl (C=O) groups excluding carboxylic acids is 3. The second-order valence-electron chi connectivity index (χ2n) is 21.3. The second kappa shape index (κ2) is 66.1. The maximum atomic E-state index is 12.9. The lowest BCUT2D eigenvalue weighted by molar-refractivity contribution is -0.167. The highest BCUT2D eigenvalue weighted by Crippen LogP contribution is 2.15. The van der Waals surface area contributed by atoms with Gasteiger partial charge in [-0.05, 0) is 135 Å². The number of unbranched alkanes of at least 4 members (excludes halogenated alkanes) is 25. The summed E-state index contributed by atoms with van der Waals surface area (Å²) in [5.74, 6) is -0.924. The summed E-state index contributed by atoms with van der Waals surface area (Å²) >= 11 is 0. The van der Waals surface area contributed by atoms with Crippen molar-refractivity contribution in [3.63, 3.8) is 0 Å². The maximum Gasteiger partial charge on any atom is 0.306 e. The minimum atomic E-state index is -0.799. The summed E-state index contributed by atoms with van der Waals surface area (Å²) in [6.45, 7) is 6.45. The van der Waals surface area contributed by atoms with Crippen LogP contribution in [0.3, 0.4) is 0 Å². The summed E-state index contributed by atoms with van der Waals surface area (Å²) in [7, 11) is 0. The molecule has 0 amide bonds. The Morgan fingerprint density at radius 3 is 0.810 bits per heavy atom. The third kappa shape index (κ3) is 64.3. The predicted molar refractivity (Wildman–Crippen MR) is 343 cm³/mol. The number of carbonyl (C=O) groups is 3. The van der Waals surface area contributed by atoms with Gasteiger partial charge < -0.3 is 14.2 Å². The number of esters is 3. The van der Waals surface area contributed by atoms with E-state index in [0.717, 1.165) is 148 Å². The molecule has 0 aromatic rings. The Hall–Kier alpha value is -4.45. The van der Waals surface area contributed by atoms with Gasteiger partial charge in [-0.3, -0.25) is 14.4 Å². The van der Waals surface area contributed by atoms with Gasteiger partial charge in [0, 0.05) is 19.3 Å². The Morgan fingerprint density at radius 2 is 0.506 bits per heavy atom. The lowest BCUT2D eigenvalue weighted by Crippen LogP contribution is -2.30. The third-order valence-electron chi connectivity index (χ3n) is 13.6. The lowest BCUT2D eigenvalue weighted by atomic mass is 10.1. The van der Waals surface area contributed by atoms with Gasteiger partial charge in [-0.1, -0.05) is 270 Å². The molecule has 0 aromatic heterocycles. The van der Waals surface area contributed by atoms with Gasteiger partial charge in [0.2, 0.25) is 0 Å². The van der Waals surface area contributed by atoms with Crippen molar-refractivity contribution < 1.29 is 28.6 Å². The second-order valence-corrected chi connectivity index (χ2v) is 21.3. The molecule has 0 saturated heterocycles. The number of hydrogen-bond donors (Lipinski definition) is 0. The van der Waals surface area contributed by atoms with Crippen LogP contribution in [0.15, 0.2) is 134 Å². The fourth-order valence-corrected chi connectivity index (χ4v) is 8.70. The highest BCUT2D eigenvalue weighted by molar-refractivity contribution is 5.71. The number of rotatable bonds is 58. The van der Waals surface area contributed by atoms with Crippen LogP contribution in [-0.4, -0.2) is 37.2 Å². The molecule has 0 bridgehead atoms. The molecule has 0 saturated carbocycles. The SMILES string of the molecule is CC/C=C\C/C=C\C/C=C\C/C=C\C/C=C\C/C=C\C/C=C\CCCCCCCCCC(=O)OCC(COC(=O)CCCCCCC/C=C\C/C=C\CCCC)OC(=O)CCCCCCCCC/C=C\C/C=C\CCCCCC. The van der Waals surface area contributed by atoms with Crippen LogP contribution in [-0.2, 0) is 28.6 Å². The smallest absolute Gasteiger partial charge is 0.306 e. The topological polar surface area (TPSA) is 78.9 Å². The number of ether oxygens (including phenoxy) is 3. The largest absolute Gasteiger partial charge is 0.462 e. The summed E-state index contributed by atoms with van der Waals surface area (Å²) in [5.41, 5.74) is 0. The lowest BCUT2D eigenvalue weighted by Gasteiger charge is -2.18. The molecular weight excluding hydrogens is 973 g/mol. The monoisotopic (exact) mass is 1090 g/mol. The third-order valence-corrected chi connectivity index (χ3v) is 13.6. The van der Waals surface area contributed by atoms with Gasteiger partial charge in [0.25, 0.3) is 0 Å². The van der Waals surface area contributed by atoms with E-state index in [4.69, 9.17) is 14.2 Å². The van der Waals surface area contributed by atoms with Crippen molar-refractivity contribution in [1.29, 1.82) is 0 Å². The molecule has 0 aliphatic carbocycles. The van der Waals surface area contributed by atoms with Gasteiger partial charge in [-0.15, -0.1) is 0 Å². The number of allylic oxidation sites excluding steroid dienone is 22. The highest BCUT2D eigenvalue weighted by atomic mass is 16.6. The van der Waals surface area contributed by atoms with E-state index in [9.17, 15) is 14.4 Å². The van der Waals surface area contributed by atoms with Crippen LogP contribution in [0, 0.1) is 0 Å². The molecule has 0 radical (unpaired) electrons. The van der Waals surface area contributed by atoms with E-state index < -0.39 is 6.10 Å². The predicted octanol–water partition coefficient (Wildman–Crippen LogP) is 22.5. The van der Waals surface area contributed by atoms with Crippen molar-refractivity contribution in [3.05, 3.63) is 134 Å². The molecule has 0 rings (SSSR count). The van der Waals surface area contributed by atoms with Crippen LogP contribution in [0.2, 0.25) is 0 Å². The van der Waals surface area contributed by atoms with Gasteiger partial charge in [-0.2, -0.15) is 0 Å². The van der Waals surface area contributed by atoms with Gasteiger partial charge in [0.15, 0.2) is 6.10 Å². The van der Waals surface area contributed by atoms with Crippen LogP contribution in [0.5, 0.6) is 0 Å². The molecule has 1 atom stereocenters. The molecule has 0 aromatic carbocycles. The summed E-state index contributed by atoms with van der Waals surface area (Å²) in [5, 5.41) is 0. The molecule has 6 nitrogen and oxygen atoms in total. The zero-order valence-corrected chi connectivity index (χ0v) is 51.3. The molecule has 0 fully saturated rings. The van der Waals surface area contributed by atoms with E-state index in [1.165, 1.54) is 103 Å². The van der Waals surface area contributed by atoms with Gasteiger partial charge in [0.1, 0.15) is 13.2 Å². The Bertz CT molecular complexity index is 1680. The first-order chi connectivity index (χ1) is 39.0. The first-order valence-corrected chi connectivity index (χ1v) is 32.7. The van der Waals surface area contributed by atoms with E-state index in [1.807, 2.05) is 0 Å². The summed E-state index contributed by atoms with van der Waals surface area (Å²) in [6, 6.07) is 0. The summed E-state index contributed by atoms with van der Waals surface area (Å²) in [4.78, 5) is 38.3. The summed E-state index contributed by atoms with van der Waals surface area (Å²) < 4.78 is 16.9. The van der Waals surface area contributed by atoms with Crippen LogP contribution < -0.4 is 0 Å². The molecule has 79 heavy (non-hydrogen) atoms. The molecule has 448 valence electrons. The highest BCUT2D eigenvalue weighted by Gasteiger charge is 2.19. The first-order valence-electron chi connectivity index (χ1n) is 32.7. The zero-order chi connectivity index (χ0) is 57.1. The minimum Gasteiger partial charge on any atom is -0.462 e. The van der Waals surface area contributed by atoms with Gasteiger partial charge >= 0.3 is 17.9 Å². The zero-order valence-electron chi connectivity index (χ0n) is 51.3. The molecule has 0 aliphatic heterocycles. The van der Waals surface area contributed by atoms with Crippen LogP contribution in [0.1, 0.15) is 290 Å². The average molecular weight is 1090 g/mol. The summed E-state index contributed by atoms with van der Waals surface area (Å²) in [6.07, 6.45) is 93.1. The van der Waals surface area contributed by atoms with Gasteiger partial charge in [-0.25, -0.2) is 0 Å². The van der Waals surface area contributed by atoms with Crippen molar-refractivity contribution >= 4 is 17.9 Å². The van der Waals surface area contributed by atoms with Crippen LogP contribution in [0.25, 0.3) is 0 Å². The minimum absolute atomic E-state index is 0.0949. The normalized spacial score (nSPS) is 13.0. The standard InChI is InChI=1S/C73H120O6/c1-4-7-10-13-16-19-22-25-28-30-32-33-34-35-36-37-38-39-40-41-42-44-45-48-51-54-57-60-63-66-72(75)78-69-70(68-77-71(74)65-62-59-56-53-50-47-27-24-21-18-15-12-9-6-3)79-73(76)67-64-61-58-55-52-49-46-43-31-29-26-23-20-17-14-11-8-5-2/h7,10,15-16,18-20,23-25,27-29,31-33,35-36,38-39,41-42,70H,4-6,8-9,11-14,17,21-22,26,30,34,37,40,43-69H2,1-3H3/b10-7-,18-15-,19-16-,23-20-,27-24-,28-25-,31-29-,33-32-,36-35-,39-38-,42-41-. The number of hydrogen-bond acceptors (Lipinski definition) is 6. The molecule has 0 heterocycles. The Balaban J connectivity index is 4.38. The molecule has 0 spiro atoms.